The number of anilines is 1. The Hall–Kier alpha value is -2.86. The van der Waals surface area contributed by atoms with Gasteiger partial charge < -0.3 is 19.5 Å². The lowest BCUT2D eigenvalue weighted by Gasteiger charge is -2.09. The van der Waals surface area contributed by atoms with E-state index in [2.05, 4.69) is 5.32 Å². The number of carbonyl (C=O) groups excluding carboxylic acids is 2. The van der Waals surface area contributed by atoms with Crippen LogP contribution in [0.25, 0.3) is 0 Å². The third-order valence-electron chi connectivity index (χ3n) is 3.49. The number of rotatable bonds is 10. The summed E-state index contributed by atoms with van der Waals surface area (Å²) < 4.78 is 15.4. The van der Waals surface area contributed by atoms with Crippen LogP contribution in [0.3, 0.4) is 0 Å². The lowest BCUT2D eigenvalue weighted by atomic mass is 10.2. The maximum atomic E-state index is 11.9. The third-order valence-corrected chi connectivity index (χ3v) is 3.49. The highest BCUT2D eigenvalue weighted by Crippen LogP contribution is 2.17. The first-order valence-electron chi connectivity index (χ1n) is 8.38. The van der Waals surface area contributed by atoms with E-state index >= 15 is 0 Å². The molecule has 0 unspecified atom stereocenters. The number of benzene rings is 2. The molecule has 0 aliphatic rings. The molecule has 0 spiro atoms. The van der Waals surface area contributed by atoms with Crippen molar-refractivity contribution in [2.24, 2.45) is 0 Å². The minimum absolute atomic E-state index is 0.0355. The highest BCUT2D eigenvalue weighted by molar-refractivity contribution is 5.92. The fourth-order valence-corrected chi connectivity index (χ4v) is 2.13. The van der Waals surface area contributed by atoms with E-state index in [1.54, 1.807) is 24.3 Å². The van der Waals surface area contributed by atoms with E-state index in [0.717, 1.165) is 5.56 Å². The largest absolute Gasteiger partial charge is 0.489 e. The SMILES string of the molecule is COCCOC(=O)CCC(=O)Nc1ccc(OCc2ccccc2)cc1. The minimum Gasteiger partial charge on any atom is -0.489 e. The maximum absolute atomic E-state index is 11.9. The molecule has 2 aromatic rings. The molecule has 2 rings (SSSR count). The number of esters is 1. The molecule has 0 radical (unpaired) electrons. The summed E-state index contributed by atoms with van der Waals surface area (Å²) in [6.45, 7) is 1.02. The molecule has 0 bridgehead atoms. The van der Waals surface area contributed by atoms with Crippen molar-refractivity contribution >= 4 is 17.6 Å². The standard InChI is InChI=1S/C20H23NO5/c1-24-13-14-25-20(23)12-11-19(22)21-17-7-9-18(10-8-17)26-15-16-5-3-2-4-6-16/h2-10H,11-15H2,1H3,(H,21,22). The lowest BCUT2D eigenvalue weighted by Crippen LogP contribution is -2.15. The molecule has 0 aliphatic heterocycles. The van der Waals surface area contributed by atoms with E-state index in [9.17, 15) is 9.59 Å². The van der Waals surface area contributed by atoms with Gasteiger partial charge in [0.15, 0.2) is 0 Å². The number of methoxy groups -OCH3 is 1. The lowest BCUT2D eigenvalue weighted by molar-refractivity contribution is -0.145. The van der Waals surface area contributed by atoms with Gasteiger partial charge in [-0.3, -0.25) is 9.59 Å². The molecule has 0 atom stereocenters. The quantitative estimate of drug-likeness (QED) is 0.522. The van der Waals surface area contributed by atoms with Gasteiger partial charge in [0.25, 0.3) is 0 Å². The topological polar surface area (TPSA) is 73.9 Å². The fraction of sp³-hybridized carbons (Fsp3) is 0.300. The summed E-state index contributed by atoms with van der Waals surface area (Å²) in [5.41, 5.74) is 1.73. The first-order valence-corrected chi connectivity index (χ1v) is 8.38. The van der Waals surface area contributed by atoms with E-state index < -0.39 is 5.97 Å². The molecular weight excluding hydrogens is 334 g/mol. The number of nitrogens with one attached hydrogen (secondary N) is 1. The van der Waals surface area contributed by atoms with Gasteiger partial charge in [-0.05, 0) is 29.8 Å². The number of amides is 1. The molecule has 1 N–H and O–H groups in total. The average Bonchev–Trinajstić information content (AvgIpc) is 2.67. The normalized spacial score (nSPS) is 10.2. The molecule has 0 aromatic heterocycles. The van der Waals surface area contributed by atoms with Crippen molar-refractivity contribution < 1.29 is 23.8 Å². The average molecular weight is 357 g/mol. The van der Waals surface area contributed by atoms with Gasteiger partial charge in [0.2, 0.25) is 5.91 Å². The Labute approximate surface area is 153 Å². The van der Waals surface area contributed by atoms with Crippen molar-refractivity contribution in [3.8, 4) is 5.75 Å². The Morgan fingerprint density at radius 2 is 1.65 bits per heavy atom. The van der Waals surface area contributed by atoms with Gasteiger partial charge in [-0.25, -0.2) is 0 Å². The van der Waals surface area contributed by atoms with Gasteiger partial charge in [0.1, 0.15) is 19.0 Å². The second-order valence-electron chi connectivity index (χ2n) is 5.56. The van der Waals surface area contributed by atoms with Crippen LogP contribution in [0.2, 0.25) is 0 Å². The number of hydrogen-bond donors (Lipinski definition) is 1. The number of ether oxygens (including phenoxy) is 3. The zero-order valence-electron chi connectivity index (χ0n) is 14.8. The van der Waals surface area contributed by atoms with Gasteiger partial charge in [-0.15, -0.1) is 0 Å². The molecule has 0 saturated heterocycles. The summed E-state index contributed by atoms with van der Waals surface area (Å²) in [5.74, 6) is 0.0575. The number of carbonyl (C=O) groups is 2. The molecule has 1 amide bonds. The van der Waals surface area contributed by atoms with Crippen molar-refractivity contribution in [3.05, 3.63) is 60.2 Å². The molecule has 26 heavy (non-hydrogen) atoms. The van der Waals surface area contributed by atoms with Crippen molar-refractivity contribution in [3.63, 3.8) is 0 Å². The first-order chi connectivity index (χ1) is 12.7. The second kappa shape index (κ2) is 10.9. The predicted molar refractivity (Wildman–Crippen MR) is 97.9 cm³/mol. The Morgan fingerprint density at radius 1 is 0.923 bits per heavy atom. The molecule has 0 aliphatic carbocycles. The molecule has 6 heteroatoms. The second-order valence-corrected chi connectivity index (χ2v) is 5.56. The molecule has 2 aromatic carbocycles. The zero-order chi connectivity index (χ0) is 18.6. The number of hydrogen-bond acceptors (Lipinski definition) is 5. The Morgan fingerprint density at radius 3 is 2.35 bits per heavy atom. The Kier molecular flexibility index (Phi) is 8.15. The summed E-state index contributed by atoms with van der Waals surface area (Å²) in [6.07, 6.45) is 0.103. The van der Waals surface area contributed by atoms with Gasteiger partial charge >= 0.3 is 5.97 Å². The van der Waals surface area contributed by atoms with E-state index in [0.29, 0.717) is 24.7 Å². The van der Waals surface area contributed by atoms with Crippen LogP contribution < -0.4 is 10.1 Å². The highest BCUT2D eigenvalue weighted by atomic mass is 16.6. The molecule has 138 valence electrons. The van der Waals surface area contributed by atoms with Crippen molar-refractivity contribution in [2.75, 3.05) is 25.6 Å². The molecule has 0 fully saturated rings. The summed E-state index contributed by atoms with van der Waals surface area (Å²) in [5, 5.41) is 2.74. The van der Waals surface area contributed by atoms with Crippen LogP contribution in [0.15, 0.2) is 54.6 Å². The van der Waals surface area contributed by atoms with Crippen LogP contribution in [0.5, 0.6) is 5.75 Å². The fourth-order valence-electron chi connectivity index (χ4n) is 2.13. The molecule has 0 saturated carbocycles. The summed E-state index contributed by atoms with van der Waals surface area (Å²) in [7, 11) is 1.53. The monoisotopic (exact) mass is 357 g/mol. The van der Waals surface area contributed by atoms with Crippen LogP contribution >= 0.6 is 0 Å². The van der Waals surface area contributed by atoms with Crippen LogP contribution in [0, 0.1) is 0 Å². The summed E-state index contributed by atoms with van der Waals surface area (Å²) in [4.78, 5) is 23.3. The van der Waals surface area contributed by atoms with Crippen LogP contribution in [-0.4, -0.2) is 32.2 Å². The van der Waals surface area contributed by atoms with Crippen LogP contribution in [0.1, 0.15) is 18.4 Å². The predicted octanol–water partition coefficient (Wildman–Crippen LogP) is 3.17. The third kappa shape index (κ3) is 7.36. The smallest absolute Gasteiger partial charge is 0.306 e. The highest BCUT2D eigenvalue weighted by Gasteiger charge is 2.08. The molecule has 0 heterocycles. The Bertz CT molecular complexity index is 685. The van der Waals surface area contributed by atoms with E-state index in [4.69, 9.17) is 14.2 Å². The van der Waals surface area contributed by atoms with Crippen molar-refractivity contribution in [2.45, 2.75) is 19.4 Å². The maximum Gasteiger partial charge on any atom is 0.306 e. The van der Waals surface area contributed by atoms with Gasteiger partial charge in [0, 0.05) is 19.2 Å². The summed E-state index contributed by atoms with van der Waals surface area (Å²) in [6, 6.07) is 17.0. The Balaban J connectivity index is 1.70. The van der Waals surface area contributed by atoms with Gasteiger partial charge in [-0.1, -0.05) is 30.3 Å². The van der Waals surface area contributed by atoms with Crippen LogP contribution in [-0.2, 0) is 25.7 Å². The van der Waals surface area contributed by atoms with Gasteiger partial charge in [-0.2, -0.15) is 0 Å². The first kappa shape index (κ1) is 19.5. The van der Waals surface area contributed by atoms with Crippen molar-refractivity contribution in [1.29, 1.82) is 0 Å². The van der Waals surface area contributed by atoms with Crippen LogP contribution in [0.4, 0.5) is 5.69 Å². The van der Waals surface area contributed by atoms with E-state index in [1.165, 1.54) is 7.11 Å². The van der Waals surface area contributed by atoms with E-state index in [-0.39, 0.29) is 25.4 Å². The molecule has 6 nitrogen and oxygen atoms in total. The summed E-state index contributed by atoms with van der Waals surface area (Å²) >= 11 is 0. The minimum atomic E-state index is -0.415. The van der Waals surface area contributed by atoms with E-state index in [1.807, 2.05) is 30.3 Å². The molecular formula is C20H23NO5. The van der Waals surface area contributed by atoms with Crippen molar-refractivity contribution in [1.82, 2.24) is 0 Å². The zero-order valence-corrected chi connectivity index (χ0v) is 14.8. The van der Waals surface area contributed by atoms with Gasteiger partial charge in [0.05, 0.1) is 13.0 Å².